The third-order valence-electron chi connectivity index (χ3n) is 2.30. The van der Waals surface area contributed by atoms with Crippen molar-refractivity contribution in [3.8, 4) is 0 Å². The maximum atomic E-state index is 13.4. The Morgan fingerprint density at radius 1 is 1.20 bits per heavy atom. The van der Waals surface area contributed by atoms with Crippen LogP contribution in [0.15, 0.2) is 42.3 Å². The molecule has 1 atom stereocenters. The number of hydrogen-bond acceptors (Lipinski definition) is 1. The molecule has 1 nitrogen and oxygen atoms in total. The lowest BCUT2D eigenvalue weighted by atomic mass is 9.92. The van der Waals surface area contributed by atoms with E-state index >= 15 is 0 Å². The van der Waals surface area contributed by atoms with Gasteiger partial charge in [0, 0.05) is 12.1 Å². The van der Waals surface area contributed by atoms with E-state index in [1.165, 1.54) is 18.3 Å². The summed E-state index contributed by atoms with van der Waals surface area (Å²) in [6.07, 6.45) is 5.30. The Bertz CT molecular complexity index is 437. The van der Waals surface area contributed by atoms with E-state index in [-0.39, 0.29) is 0 Å². The van der Waals surface area contributed by atoms with E-state index in [1.807, 2.05) is 0 Å². The molecule has 0 saturated carbocycles. The zero-order chi connectivity index (χ0) is 10.8. The molecule has 0 bridgehead atoms. The summed E-state index contributed by atoms with van der Waals surface area (Å²) < 4.78 is 39.1. The van der Waals surface area contributed by atoms with Crippen molar-refractivity contribution < 1.29 is 13.2 Å². The van der Waals surface area contributed by atoms with Crippen molar-refractivity contribution in [1.29, 1.82) is 0 Å². The summed E-state index contributed by atoms with van der Waals surface area (Å²) in [5, 5.41) is 0. The smallest absolute Gasteiger partial charge is 0.154 e. The van der Waals surface area contributed by atoms with Gasteiger partial charge in [-0.15, -0.1) is 0 Å². The average molecular weight is 211 g/mol. The van der Waals surface area contributed by atoms with Gasteiger partial charge in [-0.1, -0.05) is 6.08 Å². The van der Waals surface area contributed by atoms with Gasteiger partial charge in [-0.05, 0) is 24.1 Å². The van der Waals surface area contributed by atoms with Gasteiger partial charge in [0.25, 0.3) is 0 Å². The number of aromatic nitrogens is 1. The molecular formula is C11H8F3N. The van der Waals surface area contributed by atoms with Crippen LogP contribution in [-0.4, -0.2) is 4.98 Å². The van der Waals surface area contributed by atoms with Crippen molar-refractivity contribution in [2.24, 2.45) is 0 Å². The predicted molar refractivity (Wildman–Crippen MR) is 49.9 cm³/mol. The molecule has 0 spiro atoms. The van der Waals surface area contributed by atoms with Crippen molar-refractivity contribution in [2.45, 2.75) is 12.3 Å². The molecule has 0 fully saturated rings. The van der Waals surface area contributed by atoms with Crippen LogP contribution < -0.4 is 0 Å². The highest BCUT2D eigenvalue weighted by atomic mass is 19.2. The molecule has 1 unspecified atom stereocenters. The second-order valence-corrected chi connectivity index (χ2v) is 3.32. The highest BCUT2D eigenvalue weighted by molar-refractivity contribution is 5.33. The lowest BCUT2D eigenvalue weighted by Gasteiger charge is -2.16. The van der Waals surface area contributed by atoms with Crippen LogP contribution in [0.25, 0.3) is 0 Å². The van der Waals surface area contributed by atoms with Crippen molar-refractivity contribution in [2.75, 3.05) is 0 Å². The minimum absolute atomic E-state index is 0.324. The Labute approximate surface area is 85.0 Å². The maximum absolute atomic E-state index is 13.4. The molecule has 0 saturated heterocycles. The summed E-state index contributed by atoms with van der Waals surface area (Å²) >= 11 is 0. The first-order valence-corrected chi connectivity index (χ1v) is 4.50. The van der Waals surface area contributed by atoms with E-state index < -0.39 is 23.4 Å². The molecule has 1 heterocycles. The number of rotatable bonds is 1. The zero-order valence-corrected chi connectivity index (χ0v) is 7.75. The van der Waals surface area contributed by atoms with Crippen molar-refractivity contribution in [1.82, 2.24) is 4.98 Å². The van der Waals surface area contributed by atoms with Gasteiger partial charge in [-0.2, -0.15) is 0 Å². The number of allylic oxidation sites excluding steroid dienone is 4. The first-order valence-electron chi connectivity index (χ1n) is 4.50. The molecule has 1 aromatic heterocycles. The van der Waals surface area contributed by atoms with Crippen molar-refractivity contribution in [3.63, 3.8) is 0 Å². The largest absolute Gasteiger partial charge is 0.261 e. The fourth-order valence-electron chi connectivity index (χ4n) is 1.56. The summed E-state index contributed by atoms with van der Waals surface area (Å²) in [4.78, 5) is 3.61. The fourth-order valence-corrected chi connectivity index (χ4v) is 1.56. The lowest BCUT2D eigenvalue weighted by molar-refractivity contribution is 0.481. The van der Waals surface area contributed by atoms with Gasteiger partial charge in [0.1, 0.15) is 11.6 Å². The quantitative estimate of drug-likeness (QED) is 0.693. The Kier molecular flexibility index (Phi) is 2.58. The van der Waals surface area contributed by atoms with Crippen LogP contribution in [0.4, 0.5) is 13.2 Å². The Morgan fingerprint density at radius 3 is 2.73 bits per heavy atom. The van der Waals surface area contributed by atoms with Crippen LogP contribution in [0, 0.1) is 5.82 Å². The van der Waals surface area contributed by atoms with Gasteiger partial charge >= 0.3 is 0 Å². The van der Waals surface area contributed by atoms with E-state index in [9.17, 15) is 13.2 Å². The second kappa shape index (κ2) is 3.88. The summed E-state index contributed by atoms with van der Waals surface area (Å²) in [6, 6.07) is 1.17. The second-order valence-electron chi connectivity index (χ2n) is 3.32. The molecule has 78 valence electrons. The summed E-state index contributed by atoms with van der Waals surface area (Å²) in [7, 11) is 0. The minimum atomic E-state index is -0.893. The average Bonchev–Trinajstić information content (AvgIpc) is 2.22. The van der Waals surface area contributed by atoms with Gasteiger partial charge in [-0.25, -0.2) is 13.2 Å². The Morgan fingerprint density at radius 2 is 2.00 bits per heavy atom. The summed E-state index contributed by atoms with van der Waals surface area (Å²) in [5.41, 5.74) is 0.354. The molecule has 0 aliphatic heterocycles. The van der Waals surface area contributed by atoms with Gasteiger partial charge in [0.2, 0.25) is 0 Å². The van der Waals surface area contributed by atoms with Crippen LogP contribution in [0.5, 0.6) is 0 Å². The lowest BCUT2D eigenvalue weighted by Crippen LogP contribution is -2.04. The molecule has 2 rings (SSSR count). The number of nitrogens with zero attached hydrogens (tertiary/aromatic N) is 1. The molecule has 4 heteroatoms. The molecule has 0 N–H and O–H groups in total. The van der Waals surface area contributed by atoms with E-state index in [0.29, 0.717) is 12.0 Å². The number of pyridine rings is 1. The van der Waals surface area contributed by atoms with E-state index in [2.05, 4.69) is 4.98 Å². The Balaban J connectivity index is 2.37. The van der Waals surface area contributed by atoms with Gasteiger partial charge < -0.3 is 0 Å². The first-order chi connectivity index (χ1) is 7.18. The molecule has 1 aliphatic carbocycles. The minimum Gasteiger partial charge on any atom is -0.261 e. The SMILES string of the molecule is FC1=C(F)C(c2cncc(F)c2)CC=C1. The van der Waals surface area contributed by atoms with Crippen LogP contribution >= 0.6 is 0 Å². The van der Waals surface area contributed by atoms with E-state index in [1.54, 1.807) is 0 Å². The number of halogens is 3. The van der Waals surface area contributed by atoms with Gasteiger partial charge in [-0.3, -0.25) is 4.98 Å². The summed E-state index contributed by atoms with van der Waals surface area (Å²) in [6.45, 7) is 0. The maximum Gasteiger partial charge on any atom is 0.154 e. The molecule has 1 aliphatic rings. The highest BCUT2D eigenvalue weighted by Crippen LogP contribution is 2.35. The molecule has 1 aromatic rings. The first kappa shape index (κ1) is 9.96. The third-order valence-corrected chi connectivity index (χ3v) is 2.30. The third kappa shape index (κ3) is 1.93. The van der Waals surface area contributed by atoms with Gasteiger partial charge in [0.05, 0.1) is 6.20 Å². The zero-order valence-electron chi connectivity index (χ0n) is 7.75. The molecule has 0 radical (unpaired) electrons. The van der Waals surface area contributed by atoms with Crippen molar-refractivity contribution in [3.05, 3.63) is 53.6 Å². The monoisotopic (exact) mass is 211 g/mol. The van der Waals surface area contributed by atoms with Crippen LogP contribution in [0.1, 0.15) is 17.9 Å². The van der Waals surface area contributed by atoms with E-state index in [0.717, 1.165) is 12.3 Å². The molecular weight excluding hydrogens is 203 g/mol. The van der Waals surface area contributed by atoms with Gasteiger partial charge in [0.15, 0.2) is 5.83 Å². The predicted octanol–water partition coefficient (Wildman–Crippen LogP) is 3.41. The topological polar surface area (TPSA) is 12.9 Å². The molecule has 0 amide bonds. The Hall–Kier alpha value is -1.58. The molecule has 0 aromatic carbocycles. The standard InChI is InChI=1S/C11H8F3N/c12-8-4-7(5-15-6-8)9-2-1-3-10(13)11(9)14/h1,3-6,9H,2H2. The summed E-state index contributed by atoms with van der Waals surface area (Å²) in [5.74, 6) is -3.05. The highest BCUT2D eigenvalue weighted by Gasteiger charge is 2.22. The number of hydrogen-bond donors (Lipinski definition) is 0. The van der Waals surface area contributed by atoms with Crippen LogP contribution in [0.3, 0.4) is 0 Å². The fraction of sp³-hybridized carbons (Fsp3) is 0.182. The van der Waals surface area contributed by atoms with Crippen LogP contribution in [-0.2, 0) is 0 Å². The molecule has 15 heavy (non-hydrogen) atoms. The van der Waals surface area contributed by atoms with E-state index in [4.69, 9.17) is 0 Å². The normalized spacial score (nSPS) is 20.9. The van der Waals surface area contributed by atoms with Crippen molar-refractivity contribution >= 4 is 0 Å². The van der Waals surface area contributed by atoms with Crippen LogP contribution in [0.2, 0.25) is 0 Å².